The first-order chi connectivity index (χ1) is 17.9. The third kappa shape index (κ3) is 2.73. The van der Waals surface area contributed by atoms with E-state index in [0.29, 0.717) is 0 Å². The SMILES string of the molecule is c1ccc(-c2cc3c4c(cccc4c2)N(c2cccc4c2sc2ccccc24)c2ncncc2-3)cc1. The number of fused-ring (bicyclic) bond motifs is 5. The Kier molecular flexibility index (Phi) is 4.10. The van der Waals surface area contributed by atoms with Crippen molar-refractivity contribution in [1.29, 1.82) is 0 Å². The predicted molar refractivity (Wildman–Crippen MR) is 152 cm³/mol. The number of anilines is 3. The predicted octanol–water partition coefficient (Wildman–Crippen LogP) is 9.11. The molecule has 4 heteroatoms. The van der Waals surface area contributed by atoms with Crippen molar-refractivity contribution in [2.75, 3.05) is 4.90 Å². The molecule has 2 aromatic heterocycles. The average molecular weight is 478 g/mol. The molecule has 3 heterocycles. The number of aromatic nitrogens is 2. The van der Waals surface area contributed by atoms with E-state index in [1.807, 2.05) is 17.5 Å². The van der Waals surface area contributed by atoms with Gasteiger partial charge in [-0.3, -0.25) is 4.90 Å². The van der Waals surface area contributed by atoms with Gasteiger partial charge in [0.1, 0.15) is 12.1 Å². The molecule has 8 rings (SSSR count). The first kappa shape index (κ1) is 19.7. The summed E-state index contributed by atoms with van der Waals surface area (Å²) >= 11 is 1.84. The van der Waals surface area contributed by atoms with E-state index < -0.39 is 0 Å². The van der Waals surface area contributed by atoms with Crippen LogP contribution in [0.3, 0.4) is 0 Å². The highest BCUT2D eigenvalue weighted by Gasteiger charge is 2.29. The van der Waals surface area contributed by atoms with E-state index in [1.165, 1.54) is 47.6 Å². The molecule has 36 heavy (non-hydrogen) atoms. The number of thiophene rings is 1. The summed E-state index contributed by atoms with van der Waals surface area (Å²) in [6, 6.07) is 37.0. The van der Waals surface area contributed by atoms with Crippen molar-refractivity contribution in [2.45, 2.75) is 0 Å². The Balaban J connectivity index is 1.47. The molecule has 5 aromatic carbocycles. The van der Waals surface area contributed by atoms with Crippen molar-refractivity contribution in [1.82, 2.24) is 9.97 Å². The lowest BCUT2D eigenvalue weighted by molar-refractivity contribution is 1.12. The second-order valence-corrected chi connectivity index (χ2v) is 10.2. The highest BCUT2D eigenvalue weighted by Crippen LogP contribution is 2.53. The van der Waals surface area contributed by atoms with Crippen LogP contribution in [0, 0.1) is 0 Å². The molecular formula is C32H19N3S. The van der Waals surface area contributed by atoms with Gasteiger partial charge in [0.15, 0.2) is 0 Å². The zero-order chi connectivity index (χ0) is 23.6. The number of benzene rings is 5. The van der Waals surface area contributed by atoms with Crippen LogP contribution in [0.2, 0.25) is 0 Å². The molecule has 0 amide bonds. The minimum Gasteiger partial charge on any atom is -0.292 e. The molecule has 0 N–H and O–H groups in total. The molecule has 0 spiro atoms. The van der Waals surface area contributed by atoms with Gasteiger partial charge in [0.25, 0.3) is 0 Å². The highest BCUT2D eigenvalue weighted by atomic mass is 32.1. The maximum atomic E-state index is 4.85. The first-order valence-corrected chi connectivity index (χ1v) is 12.8. The monoisotopic (exact) mass is 477 g/mol. The van der Waals surface area contributed by atoms with Gasteiger partial charge in [-0.2, -0.15) is 0 Å². The van der Waals surface area contributed by atoms with E-state index in [1.54, 1.807) is 6.33 Å². The summed E-state index contributed by atoms with van der Waals surface area (Å²) in [6.45, 7) is 0. The number of hydrogen-bond donors (Lipinski definition) is 0. The van der Waals surface area contributed by atoms with Crippen molar-refractivity contribution >= 4 is 59.5 Å². The number of hydrogen-bond acceptors (Lipinski definition) is 4. The van der Waals surface area contributed by atoms with Crippen LogP contribution in [-0.4, -0.2) is 9.97 Å². The van der Waals surface area contributed by atoms with Crippen LogP contribution in [0.4, 0.5) is 17.2 Å². The van der Waals surface area contributed by atoms with Crippen LogP contribution in [0.15, 0.2) is 116 Å². The number of nitrogens with zero attached hydrogens (tertiary/aromatic N) is 3. The third-order valence-corrected chi connectivity index (χ3v) is 8.33. The van der Waals surface area contributed by atoms with Crippen LogP contribution < -0.4 is 4.90 Å². The highest BCUT2D eigenvalue weighted by molar-refractivity contribution is 7.26. The van der Waals surface area contributed by atoms with Crippen molar-refractivity contribution in [3.8, 4) is 22.3 Å². The Bertz CT molecular complexity index is 1960. The lowest BCUT2D eigenvalue weighted by atomic mass is 9.90. The summed E-state index contributed by atoms with van der Waals surface area (Å²) in [5, 5.41) is 5.02. The summed E-state index contributed by atoms with van der Waals surface area (Å²) in [4.78, 5) is 11.6. The largest absolute Gasteiger partial charge is 0.292 e. The molecule has 7 aromatic rings. The van der Waals surface area contributed by atoms with Crippen LogP contribution >= 0.6 is 11.3 Å². The molecule has 0 fully saturated rings. The summed E-state index contributed by atoms with van der Waals surface area (Å²) in [7, 11) is 0. The standard InChI is InChI=1S/C32H19N3S/c1-2-8-20(9-3-1)22-16-21-10-6-13-27-30(21)25(17-22)26-18-33-19-34-32(26)35(27)28-14-7-12-24-23-11-4-5-15-29(23)36-31(24)28/h1-19H. The van der Waals surface area contributed by atoms with Gasteiger partial charge in [0, 0.05) is 32.6 Å². The average Bonchev–Trinajstić information content (AvgIpc) is 3.33. The van der Waals surface area contributed by atoms with Crippen molar-refractivity contribution in [2.24, 2.45) is 0 Å². The Labute approximate surface area is 211 Å². The second-order valence-electron chi connectivity index (χ2n) is 9.11. The van der Waals surface area contributed by atoms with Crippen LogP contribution in [-0.2, 0) is 0 Å². The summed E-state index contributed by atoms with van der Waals surface area (Å²) in [5.41, 5.74) is 6.94. The molecule has 0 radical (unpaired) electrons. The molecule has 168 valence electrons. The van der Waals surface area contributed by atoms with Gasteiger partial charge in [-0.1, -0.05) is 72.8 Å². The lowest BCUT2D eigenvalue weighted by Crippen LogP contribution is -2.17. The van der Waals surface area contributed by atoms with Crippen LogP contribution in [0.5, 0.6) is 0 Å². The topological polar surface area (TPSA) is 29.0 Å². The fourth-order valence-corrected chi connectivity index (χ4v) is 6.77. The van der Waals surface area contributed by atoms with E-state index in [4.69, 9.17) is 4.98 Å². The van der Waals surface area contributed by atoms with E-state index in [2.05, 4.69) is 113 Å². The molecule has 0 saturated heterocycles. The number of rotatable bonds is 2. The quantitative estimate of drug-likeness (QED) is 0.249. The Morgan fingerprint density at radius 1 is 0.639 bits per heavy atom. The molecule has 0 unspecified atom stereocenters. The van der Waals surface area contributed by atoms with Gasteiger partial charge in [-0.25, -0.2) is 9.97 Å². The minimum atomic E-state index is 0.917. The Hall–Kier alpha value is -4.54. The normalized spacial score (nSPS) is 12.4. The maximum Gasteiger partial charge on any atom is 0.148 e. The van der Waals surface area contributed by atoms with Crippen LogP contribution in [0.1, 0.15) is 0 Å². The maximum absolute atomic E-state index is 4.85. The molecule has 0 atom stereocenters. The van der Waals surface area contributed by atoms with E-state index >= 15 is 0 Å². The van der Waals surface area contributed by atoms with E-state index in [0.717, 1.165) is 22.8 Å². The second kappa shape index (κ2) is 7.48. The van der Waals surface area contributed by atoms with Gasteiger partial charge in [-0.05, 0) is 52.4 Å². The lowest BCUT2D eigenvalue weighted by Gasteiger charge is -2.32. The first-order valence-electron chi connectivity index (χ1n) is 12.0. The van der Waals surface area contributed by atoms with E-state index in [9.17, 15) is 0 Å². The smallest absolute Gasteiger partial charge is 0.148 e. The Morgan fingerprint density at radius 2 is 1.44 bits per heavy atom. The van der Waals surface area contributed by atoms with Gasteiger partial charge in [-0.15, -0.1) is 11.3 Å². The van der Waals surface area contributed by atoms with Gasteiger partial charge in [0.05, 0.1) is 16.1 Å². The molecule has 0 saturated carbocycles. The van der Waals surface area contributed by atoms with Crippen molar-refractivity contribution in [3.63, 3.8) is 0 Å². The van der Waals surface area contributed by atoms with Gasteiger partial charge in [0.2, 0.25) is 0 Å². The van der Waals surface area contributed by atoms with Gasteiger partial charge < -0.3 is 0 Å². The zero-order valence-electron chi connectivity index (χ0n) is 19.2. The molecule has 1 aliphatic rings. The summed E-state index contributed by atoms with van der Waals surface area (Å²) in [6.07, 6.45) is 3.61. The third-order valence-electron chi connectivity index (χ3n) is 7.12. The van der Waals surface area contributed by atoms with Crippen molar-refractivity contribution in [3.05, 3.63) is 116 Å². The molecule has 1 aliphatic heterocycles. The minimum absolute atomic E-state index is 0.917. The van der Waals surface area contributed by atoms with Crippen molar-refractivity contribution < 1.29 is 0 Å². The fraction of sp³-hybridized carbons (Fsp3) is 0. The molecule has 0 bridgehead atoms. The fourth-order valence-electron chi connectivity index (χ4n) is 5.56. The van der Waals surface area contributed by atoms with Crippen LogP contribution in [0.25, 0.3) is 53.2 Å². The Morgan fingerprint density at radius 3 is 2.39 bits per heavy atom. The van der Waals surface area contributed by atoms with E-state index in [-0.39, 0.29) is 0 Å². The summed E-state index contributed by atoms with van der Waals surface area (Å²) < 4.78 is 2.57. The zero-order valence-corrected chi connectivity index (χ0v) is 20.0. The molecule has 3 nitrogen and oxygen atoms in total. The van der Waals surface area contributed by atoms with Gasteiger partial charge >= 0.3 is 0 Å². The molecular weight excluding hydrogens is 458 g/mol. The summed E-state index contributed by atoms with van der Waals surface area (Å²) in [5.74, 6) is 0.917. The molecule has 0 aliphatic carbocycles.